The third kappa shape index (κ3) is 3.48. The molecule has 7 heteroatoms. The smallest absolute Gasteiger partial charge is 0.257 e. The van der Waals surface area contributed by atoms with Gasteiger partial charge in [-0.25, -0.2) is 4.98 Å². The van der Waals surface area contributed by atoms with E-state index in [-0.39, 0.29) is 10.9 Å². The zero-order valence-electron chi connectivity index (χ0n) is 9.25. The minimum Gasteiger partial charge on any atom is -0.320 e. The van der Waals surface area contributed by atoms with Gasteiger partial charge in [-0.2, -0.15) is 0 Å². The van der Waals surface area contributed by atoms with E-state index in [0.717, 1.165) is 0 Å². The first-order valence-electron chi connectivity index (χ1n) is 5.05. The third-order valence-corrected chi connectivity index (χ3v) is 4.17. The van der Waals surface area contributed by atoms with Crippen molar-refractivity contribution in [3.8, 4) is 0 Å². The number of halogens is 4. The Morgan fingerprint density at radius 2 is 2.00 bits per heavy atom. The standard InChI is InChI=1S/C12H6Br2Cl2N2O/c13-7-4-10(14)17-5-9(7)18-12(19)6-2-1-3-8(15)11(6)16/h1-5H,(H,18,19). The van der Waals surface area contributed by atoms with Crippen molar-refractivity contribution in [2.75, 3.05) is 5.32 Å². The van der Waals surface area contributed by atoms with E-state index in [1.807, 2.05) is 0 Å². The second kappa shape index (κ2) is 6.22. The van der Waals surface area contributed by atoms with Crippen LogP contribution in [0.15, 0.2) is 39.5 Å². The number of nitrogens with one attached hydrogen (secondary N) is 1. The highest BCUT2D eigenvalue weighted by Crippen LogP contribution is 2.28. The Morgan fingerprint density at radius 1 is 1.26 bits per heavy atom. The highest BCUT2D eigenvalue weighted by Gasteiger charge is 2.14. The number of benzene rings is 1. The van der Waals surface area contributed by atoms with Gasteiger partial charge in [0.05, 0.1) is 27.5 Å². The van der Waals surface area contributed by atoms with Crippen LogP contribution in [0.4, 0.5) is 5.69 Å². The molecule has 1 heterocycles. The Morgan fingerprint density at radius 3 is 2.68 bits per heavy atom. The van der Waals surface area contributed by atoms with E-state index in [4.69, 9.17) is 23.2 Å². The molecule has 0 aliphatic rings. The zero-order chi connectivity index (χ0) is 14.0. The number of anilines is 1. The lowest BCUT2D eigenvalue weighted by atomic mass is 10.2. The van der Waals surface area contributed by atoms with Crippen molar-refractivity contribution in [1.82, 2.24) is 4.98 Å². The molecule has 1 aromatic carbocycles. The van der Waals surface area contributed by atoms with Gasteiger partial charge in [-0.1, -0.05) is 29.3 Å². The van der Waals surface area contributed by atoms with E-state index in [1.54, 1.807) is 24.3 Å². The maximum Gasteiger partial charge on any atom is 0.257 e. The van der Waals surface area contributed by atoms with Gasteiger partial charge in [0.25, 0.3) is 5.91 Å². The molecule has 1 aromatic heterocycles. The number of aromatic nitrogens is 1. The molecule has 0 fully saturated rings. The van der Waals surface area contributed by atoms with Crippen molar-refractivity contribution in [3.05, 3.63) is 55.1 Å². The van der Waals surface area contributed by atoms with Crippen LogP contribution in [0.5, 0.6) is 0 Å². The van der Waals surface area contributed by atoms with E-state index >= 15 is 0 Å². The molecular weight excluding hydrogens is 419 g/mol. The molecule has 0 aliphatic carbocycles. The first-order valence-corrected chi connectivity index (χ1v) is 7.39. The van der Waals surface area contributed by atoms with Crippen molar-refractivity contribution >= 4 is 66.7 Å². The SMILES string of the molecule is O=C(Nc1cnc(Br)cc1Br)c1cccc(Cl)c1Cl. The number of hydrogen-bond acceptors (Lipinski definition) is 2. The molecule has 98 valence electrons. The summed E-state index contributed by atoms with van der Waals surface area (Å²) in [5.74, 6) is -0.350. The quantitative estimate of drug-likeness (QED) is 0.676. The molecule has 1 N–H and O–H groups in total. The predicted molar refractivity (Wildman–Crippen MR) is 84.1 cm³/mol. The molecule has 0 aliphatic heterocycles. The summed E-state index contributed by atoms with van der Waals surface area (Å²) in [7, 11) is 0. The van der Waals surface area contributed by atoms with E-state index < -0.39 is 0 Å². The van der Waals surface area contributed by atoms with Gasteiger partial charge in [0, 0.05) is 4.47 Å². The van der Waals surface area contributed by atoms with Gasteiger partial charge in [-0.05, 0) is 50.1 Å². The monoisotopic (exact) mass is 422 g/mol. The first-order chi connectivity index (χ1) is 8.99. The molecule has 0 saturated carbocycles. The van der Waals surface area contributed by atoms with Crippen LogP contribution in [-0.2, 0) is 0 Å². The van der Waals surface area contributed by atoms with Crippen LogP contribution >= 0.6 is 55.1 Å². The average Bonchev–Trinajstić information content (AvgIpc) is 2.36. The van der Waals surface area contributed by atoms with Gasteiger partial charge in [0.1, 0.15) is 4.60 Å². The molecule has 0 saturated heterocycles. The molecule has 3 nitrogen and oxygen atoms in total. The molecule has 0 unspecified atom stereocenters. The summed E-state index contributed by atoms with van der Waals surface area (Å²) >= 11 is 18.4. The second-order valence-corrected chi connectivity index (χ2v) is 5.99. The largest absolute Gasteiger partial charge is 0.320 e. The summed E-state index contributed by atoms with van der Waals surface area (Å²) in [5.41, 5.74) is 0.855. The van der Waals surface area contributed by atoms with Crippen LogP contribution < -0.4 is 5.32 Å². The topological polar surface area (TPSA) is 42.0 Å². The van der Waals surface area contributed by atoms with Gasteiger partial charge in [0.15, 0.2) is 0 Å². The van der Waals surface area contributed by atoms with Gasteiger partial charge >= 0.3 is 0 Å². The van der Waals surface area contributed by atoms with Gasteiger partial charge in [-0.3, -0.25) is 4.79 Å². The van der Waals surface area contributed by atoms with Gasteiger partial charge < -0.3 is 5.32 Å². The Hall–Kier alpha value is -0.620. The number of carbonyl (C=O) groups excluding carboxylic acids is 1. The van der Waals surface area contributed by atoms with Crippen molar-refractivity contribution < 1.29 is 4.79 Å². The number of pyridine rings is 1. The summed E-state index contributed by atoms with van der Waals surface area (Å²) in [6, 6.07) is 6.62. The Labute approximate surface area is 136 Å². The average molecular weight is 425 g/mol. The first kappa shape index (κ1) is 14.8. The van der Waals surface area contributed by atoms with E-state index in [2.05, 4.69) is 42.2 Å². The van der Waals surface area contributed by atoms with E-state index in [0.29, 0.717) is 25.3 Å². The van der Waals surface area contributed by atoms with Crippen LogP contribution in [0.3, 0.4) is 0 Å². The van der Waals surface area contributed by atoms with E-state index in [9.17, 15) is 4.79 Å². The number of rotatable bonds is 2. The zero-order valence-corrected chi connectivity index (χ0v) is 13.9. The molecular formula is C12H6Br2Cl2N2O. The number of nitrogens with zero attached hydrogens (tertiary/aromatic N) is 1. The van der Waals surface area contributed by atoms with Crippen molar-refractivity contribution in [3.63, 3.8) is 0 Å². The molecule has 0 spiro atoms. The predicted octanol–water partition coefficient (Wildman–Crippen LogP) is 5.17. The molecule has 2 rings (SSSR count). The van der Waals surface area contributed by atoms with Crippen molar-refractivity contribution in [1.29, 1.82) is 0 Å². The Bertz CT molecular complexity index is 650. The lowest BCUT2D eigenvalue weighted by Gasteiger charge is -2.09. The maximum absolute atomic E-state index is 12.1. The molecule has 2 aromatic rings. The fraction of sp³-hybridized carbons (Fsp3) is 0. The van der Waals surface area contributed by atoms with Crippen molar-refractivity contribution in [2.24, 2.45) is 0 Å². The third-order valence-electron chi connectivity index (χ3n) is 2.26. The Balaban J connectivity index is 2.28. The number of carbonyl (C=O) groups is 1. The molecule has 1 amide bonds. The fourth-order valence-corrected chi connectivity index (χ4v) is 2.81. The highest BCUT2D eigenvalue weighted by molar-refractivity contribution is 9.11. The Kier molecular flexibility index (Phi) is 4.84. The molecule has 0 bridgehead atoms. The summed E-state index contributed by atoms with van der Waals surface area (Å²) in [6.07, 6.45) is 1.53. The minimum atomic E-state index is -0.350. The van der Waals surface area contributed by atoms with Crippen LogP contribution in [-0.4, -0.2) is 10.9 Å². The summed E-state index contributed by atoms with van der Waals surface area (Å²) in [4.78, 5) is 16.1. The van der Waals surface area contributed by atoms with Crippen molar-refractivity contribution in [2.45, 2.75) is 0 Å². The van der Waals surface area contributed by atoms with E-state index in [1.165, 1.54) is 6.20 Å². The summed E-state index contributed by atoms with van der Waals surface area (Å²) in [5, 5.41) is 3.27. The number of amides is 1. The second-order valence-electron chi connectivity index (χ2n) is 3.54. The maximum atomic E-state index is 12.1. The number of hydrogen-bond donors (Lipinski definition) is 1. The lowest BCUT2D eigenvalue weighted by molar-refractivity contribution is 0.102. The van der Waals surface area contributed by atoms with Crippen LogP contribution in [0.2, 0.25) is 10.0 Å². The van der Waals surface area contributed by atoms with Gasteiger partial charge in [0.2, 0.25) is 0 Å². The van der Waals surface area contributed by atoms with Crippen LogP contribution in [0.25, 0.3) is 0 Å². The molecule has 19 heavy (non-hydrogen) atoms. The minimum absolute atomic E-state index is 0.225. The normalized spacial score (nSPS) is 10.3. The lowest BCUT2D eigenvalue weighted by Crippen LogP contribution is -2.13. The summed E-state index contributed by atoms with van der Waals surface area (Å²) < 4.78 is 1.37. The fourth-order valence-electron chi connectivity index (χ4n) is 1.37. The van der Waals surface area contributed by atoms with Crippen LogP contribution in [0.1, 0.15) is 10.4 Å². The van der Waals surface area contributed by atoms with Crippen LogP contribution in [0, 0.1) is 0 Å². The van der Waals surface area contributed by atoms with Gasteiger partial charge in [-0.15, -0.1) is 0 Å². The molecule has 0 atom stereocenters. The highest BCUT2D eigenvalue weighted by atomic mass is 79.9. The summed E-state index contributed by atoms with van der Waals surface area (Å²) in [6.45, 7) is 0. The molecule has 0 radical (unpaired) electrons.